The normalized spacial score (nSPS) is 20.6. The number of rotatable bonds is 6. The molecule has 5 heteroatoms. The summed E-state index contributed by atoms with van der Waals surface area (Å²) in [5.74, 6) is 1.22. The second-order valence-corrected chi connectivity index (χ2v) is 6.93. The van der Waals surface area contributed by atoms with Gasteiger partial charge >= 0.3 is 0 Å². The summed E-state index contributed by atoms with van der Waals surface area (Å²) in [4.78, 5) is 12.6. The SMILES string of the molecule is COc1ccc([C@@H]2CCCC[C@H]2NC(=O)C(O)c2ccccc2)cc1OC. The van der Waals surface area contributed by atoms with Gasteiger partial charge in [-0.2, -0.15) is 0 Å². The van der Waals surface area contributed by atoms with Crippen LogP contribution in [0.25, 0.3) is 0 Å². The van der Waals surface area contributed by atoms with Gasteiger partial charge in [0, 0.05) is 12.0 Å². The topological polar surface area (TPSA) is 67.8 Å². The Hall–Kier alpha value is -2.53. The van der Waals surface area contributed by atoms with Crippen molar-refractivity contribution in [3.63, 3.8) is 0 Å². The minimum atomic E-state index is -1.15. The predicted octanol–water partition coefficient (Wildman–Crippen LogP) is 3.58. The van der Waals surface area contributed by atoms with Crippen molar-refractivity contribution in [2.24, 2.45) is 0 Å². The number of nitrogens with one attached hydrogen (secondary N) is 1. The van der Waals surface area contributed by atoms with Crippen LogP contribution in [0.15, 0.2) is 48.5 Å². The van der Waals surface area contributed by atoms with Crippen LogP contribution in [0, 0.1) is 0 Å². The quantitative estimate of drug-likeness (QED) is 0.817. The lowest BCUT2D eigenvalue weighted by molar-refractivity contribution is -0.130. The van der Waals surface area contributed by atoms with Crippen LogP contribution in [0.3, 0.4) is 0 Å². The molecule has 2 N–H and O–H groups in total. The van der Waals surface area contributed by atoms with Gasteiger partial charge in [0.25, 0.3) is 5.91 Å². The summed E-state index contributed by atoms with van der Waals surface area (Å²) >= 11 is 0. The largest absolute Gasteiger partial charge is 0.493 e. The van der Waals surface area contributed by atoms with E-state index in [1.54, 1.807) is 26.4 Å². The zero-order chi connectivity index (χ0) is 19.2. The highest BCUT2D eigenvalue weighted by Gasteiger charge is 2.30. The zero-order valence-electron chi connectivity index (χ0n) is 15.9. The van der Waals surface area contributed by atoms with Crippen molar-refractivity contribution >= 4 is 5.91 Å². The molecule has 5 nitrogen and oxygen atoms in total. The van der Waals surface area contributed by atoms with E-state index in [0.717, 1.165) is 31.2 Å². The molecule has 3 atom stereocenters. The lowest BCUT2D eigenvalue weighted by atomic mass is 9.79. The number of methoxy groups -OCH3 is 2. The van der Waals surface area contributed by atoms with E-state index in [1.807, 2.05) is 36.4 Å². The molecule has 1 aliphatic rings. The lowest BCUT2D eigenvalue weighted by Crippen LogP contribution is -2.43. The van der Waals surface area contributed by atoms with Crippen LogP contribution in [-0.4, -0.2) is 31.3 Å². The van der Waals surface area contributed by atoms with Crippen molar-refractivity contribution in [3.8, 4) is 11.5 Å². The molecule has 144 valence electrons. The molecular formula is C22H27NO4. The molecule has 1 saturated carbocycles. The number of amides is 1. The van der Waals surface area contributed by atoms with Crippen LogP contribution in [0.1, 0.15) is 48.8 Å². The molecule has 3 rings (SSSR count). The number of carbonyl (C=O) groups is 1. The fourth-order valence-corrected chi connectivity index (χ4v) is 3.83. The molecule has 0 radical (unpaired) electrons. The van der Waals surface area contributed by atoms with Crippen molar-refractivity contribution in [1.82, 2.24) is 5.32 Å². The van der Waals surface area contributed by atoms with Crippen molar-refractivity contribution in [2.75, 3.05) is 14.2 Å². The van der Waals surface area contributed by atoms with Gasteiger partial charge in [-0.3, -0.25) is 4.79 Å². The molecule has 0 bridgehead atoms. The summed E-state index contributed by atoms with van der Waals surface area (Å²) in [5.41, 5.74) is 1.72. The van der Waals surface area contributed by atoms with Gasteiger partial charge in [-0.1, -0.05) is 49.2 Å². The minimum Gasteiger partial charge on any atom is -0.493 e. The summed E-state index contributed by atoms with van der Waals surface area (Å²) in [5, 5.41) is 13.4. The number of carbonyl (C=O) groups excluding carboxylic acids is 1. The summed E-state index contributed by atoms with van der Waals surface area (Å²) in [6, 6.07) is 14.9. The summed E-state index contributed by atoms with van der Waals surface area (Å²) in [6.45, 7) is 0. The number of benzene rings is 2. The van der Waals surface area contributed by atoms with Crippen LogP contribution < -0.4 is 14.8 Å². The molecule has 1 amide bonds. The van der Waals surface area contributed by atoms with Gasteiger partial charge in [0.15, 0.2) is 17.6 Å². The average molecular weight is 369 g/mol. The number of aliphatic hydroxyl groups is 1. The van der Waals surface area contributed by atoms with E-state index in [9.17, 15) is 9.90 Å². The Morgan fingerprint density at radius 3 is 2.44 bits per heavy atom. The third-order valence-corrected chi connectivity index (χ3v) is 5.29. The smallest absolute Gasteiger partial charge is 0.253 e. The van der Waals surface area contributed by atoms with Crippen LogP contribution >= 0.6 is 0 Å². The molecule has 0 aromatic heterocycles. The Balaban J connectivity index is 1.76. The molecule has 1 fully saturated rings. The van der Waals surface area contributed by atoms with Gasteiger partial charge in [0.05, 0.1) is 14.2 Å². The Bertz CT molecular complexity index is 762. The molecule has 0 heterocycles. The molecule has 0 aliphatic heterocycles. The highest BCUT2D eigenvalue weighted by molar-refractivity contribution is 5.82. The highest BCUT2D eigenvalue weighted by Crippen LogP contribution is 2.37. The molecule has 0 saturated heterocycles. The highest BCUT2D eigenvalue weighted by atomic mass is 16.5. The van der Waals surface area contributed by atoms with Gasteiger partial charge in [-0.25, -0.2) is 0 Å². The summed E-state index contributed by atoms with van der Waals surface area (Å²) < 4.78 is 10.8. The average Bonchev–Trinajstić information content (AvgIpc) is 2.73. The fraction of sp³-hybridized carbons (Fsp3) is 0.409. The number of hydrogen-bond donors (Lipinski definition) is 2. The Morgan fingerprint density at radius 1 is 1.04 bits per heavy atom. The predicted molar refractivity (Wildman–Crippen MR) is 104 cm³/mol. The second-order valence-electron chi connectivity index (χ2n) is 6.93. The van der Waals surface area contributed by atoms with Crippen LogP contribution in [0.4, 0.5) is 0 Å². The first-order valence-electron chi connectivity index (χ1n) is 9.39. The first-order valence-corrected chi connectivity index (χ1v) is 9.39. The van der Waals surface area contributed by atoms with Crippen LogP contribution in [0.5, 0.6) is 11.5 Å². The van der Waals surface area contributed by atoms with E-state index in [-0.39, 0.29) is 17.9 Å². The standard InChI is InChI=1S/C22H27NO4/c1-26-19-13-12-16(14-20(19)27-2)17-10-6-7-11-18(17)23-22(25)21(24)15-8-4-3-5-9-15/h3-5,8-9,12-14,17-18,21,24H,6-7,10-11H2,1-2H3,(H,23,25)/t17-,18+,21?/m0/s1. The summed E-state index contributed by atoms with van der Waals surface area (Å²) in [7, 11) is 3.24. The van der Waals surface area contributed by atoms with E-state index >= 15 is 0 Å². The molecular weight excluding hydrogens is 342 g/mol. The lowest BCUT2D eigenvalue weighted by Gasteiger charge is -2.33. The molecule has 1 unspecified atom stereocenters. The van der Waals surface area contributed by atoms with Crippen molar-refractivity contribution < 1.29 is 19.4 Å². The van der Waals surface area contributed by atoms with Gasteiger partial charge in [-0.15, -0.1) is 0 Å². The fourth-order valence-electron chi connectivity index (χ4n) is 3.83. The Kier molecular flexibility index (Phi) is 6.35. The van der Waals surface area contributed by atoms with E-state index < -0.39 is 6.10 Å². The van der Waals surface area contributed by atoms with Gasteiger partial charge < -0.3 is 19.9 Å². The second kappa shape index (κ2) is 8.91. The Labute approximate surface area is 160 Å². The van der Waals surface area contributed by atoms with E-state index in [1.165, 1.54) is 0 Å². The molecule has 0 spiro atoms. The molecule has 2 aromatic rings. The third-order valence-electron chi connectivity index (χ3n) is 5.29. The summed E-state index contributed by atoms with van der Waals surface area (Å²) in [6.07, 6.45) is 2.91. The maximum atomic E-state index is 12.6. The van der Waals surface area contributed by atoms with Crippen molar-refractivity contribution in [3.05, 3.63) is 59.7 Å². The maximum Gasteiger partial charge on any atom is 0.253 e. The zero-order valence-corrected chi connectivity index (χ0v) is 15.9. The van der Waals surface area contributed by atoms with Crippen molar-refractivity contribution in [2.45, 2.75) is 43.7 Å². The van der Waals surface area contributed by atoms with E-state index in [0.29, 0.717) is 17.1 Å². The van der Waals surface area contributed by atoms with E-state index in [2.05, 4.69) is 5.32 Å². The molecule has 1 aliphatic carbocycles. The first-order chi connectivity index (χ1) is 13.1. The maximum absolute atomic E-state index is 12.6. The minimum absolute atomic E-state index is 0.0114. The molecule has 2 aromatic carbocycles. The number of hydrogen-bond acceptors (Lipinski definition) is 4. The van der Waals surface area contributed by atoms with Crippen molar-refractivity contribution in [1.29, 1.82) is 0 Å². The van der Waals surface area contributed by atoms with E-state index in [4.69, 9.17) is 9.47 Å². The first kappa shape index (κ1) is 19.2. The van der Waals surface area contributed by atoms with Crippen LogP contribution in [0.2, 0.25) is 0 Å². The van der Waals surface area contributed by atoms with Gasteiger partial charge in [0.1, 0.15) is 0 Å². The Morgan fingerprint density at radius 2 is 1.74 bits per heavy atom. The third kappa shape index (κ3) is 4.42. The number of ether oxygens (including phenoxy) is 2. The number of aliphatic hydroxyl groups excluding tert-OH is 1. The monoisotopic (exact) mass is 369 g/mol. The van der Waals surface area contributed by atoms with Crippen LogP contribution in [-0.2, 0) is 4.79 Å². The van der Waals surface area contributed by atoms with Gasteiger partial charge in [0.2, 0.25) is 0 Å². The molecule has 27 heavy (non-hydrogen) atoms. The van der Waals surface area contributed by atoms with Gasteiger partial charge in [-0.05, 0) is 36.1 Å².